The van der Waals surface area contributed by atoms with Crippen LogP contribution < -0.4 is 5.32 Å². The van der Waals surface area contributed by atoms with E-state index < -0.39 is 0 Å². The number of anilines is 1. The van der Waals surface area contributed by atoms with Gasteiger partial charge < -0.3 is 10.2 Å². The van der Waals surface area contributed by atoms with E-state index in [4.69, 9.17) is 0 Å². The van der Waals surface area contributed by atoms with Gasteiger partial charge in [-0.3, -0.25) is 9.48 Å². The number of nitrogens with zero attached hydrogens (tertiary/aromatic N) is 4. The Morgan fingerprint density at radius 2 is 2.17 bits per heavy atom. The maximum Gasteiger partial charge on any atom is 0.255 e. The summed E-state index contributed by atoms with van der Waals surface area (Å²) >= 11 is 0. The third-order valence-corrected chi connectivity index (χ3v) is 4.78. The molecule has 6 nitrogen and oxygen atoms in total. The summed E-state index contributed by atoms with van der Waals surface area (Å²) in [6.45, 7) is 1.57. The lowest BCUT2D eigenvalue weighted by Gasteiger charge is -2.35. The molecule has 0 aromatic carbocycles. The molecule has 1 unspecified atom stereocenters. The molecule has 1 N–H and O–H groups in total. The van der Waals surface area contributed by atoms with Gasteiger partial charge in [0, 0.05) is 31.2 Å². The number of likely N-dealkylation sites (tertiary alicyclic amines) is 1. The van der Waals surface area contributed by atoms with Gasteiger partial charge in [-0.25, -0.2) is 4.98 Å². The minimum absolute atomic E-state index is 0.0809. The molecule has 2 aliphatic rings. The molecule has 0 bridgehead atoms. The van der Waals surface area contributed by atoms with Gasteiger partial charge in [-0.15, -0.1) is 0 Å². The lowest BCUT2D eigenvalue weighted by molar-refractivity contribution is 0.0583. The van der Waals surface area contributed by atoms with Crippen molar-refractivity contribution < 1.29 is 4.79 Å². The maximum atomic E-state index is 12.9. The number of piperidine rings is 1. The van der Waals surface area contributed by atoms with E-state index in [1.54, 1.807) is 12.4 Å². The van der Waals surface area contributed by atoms with Crippen LogP contribution in [-0.2, 0) is 6.54 Å². The van der Waals surface area contributed by atoms with E-state index in [0.29, 0.717) is 11.6 Å². The molecule has 0 radical (unpaired) electrons. The van der Waals surface area contributed by atoms with Crippen molar-refractivity contribution in [3.63, 3.8) is 0 Å². The minimum atomic E-state index is 0.0809. The van der Waals surface area contributed by atoms with Crippen LogP contribution in [0.4, 0.5) is 5.82 Å². The Morgan fingerprint density at radius 3 is 2.88 bits per heavy atom. The highest BCUT2D eigenvalue weighted by Gasteiger charge is 2.28. The Hall–Kier alpha value is -2.37. The van der Waals surface area contributed by atoms with Gasteiger partial charge in [-0.05, 0) is 50.3 Å². The van der Waals surface area contributed by atoms with Crippen molar-refractivity contribution >= 4 is 11.7 Å². The highest BCUT2D eigenvalue weighted by Crippen LogP contribution is 2.24. The fourth-order valence-corrected chi connectivity index (χ4v) is 3.29. The van der Waals surface area contributed by atoms with Crippen LogP contribution in [-0.4, -0.2) is 44.2 Å². The molecule has 1 saturated heterocycles. The SMILES string of the molecule is O=C(c1ccc(NC2CC2)nc1)N1CCCCC1Cn1cccn1. The molecule has 24 heavy (non-hydrogen) atoms. The van der Waals surface area contributed by atoms with Gasteiger partial charge in [0.2, 0.25) is 0 Å². The molecule has 2 aromatic heterocycles. The van der Waals surface area contributed by atoms with E-state index in [1.807, 2.05) is 34.0 Å². The molecule has 126 valence electrons. The van der Waals surface area contributed by atoms with Crippen LogP contribution in [0.15, 0.2) is 36.8 Å². The second kappa shape index (κ2) is 6.63. The lowest BCUT2D eigenvalue weighted by atomic mass is 10.0. The van der Waals surface area contributed by atoms with Gasteiger partial charge in [0.1, 0.15) is 5.82 Å². The van der Waals surface area contributed by atoms with Crippen molar-refractivity contribution in [3.05, 3.63) is 42.4 Å². The Kier molecular flexibility index (Phi) is 4.19. The summed E-state index contributed by atoms with van der Waals surface area (Å²) in [4.78, 5) is 19.3. The van der Waals surface area contributed by atoms with Crippen LogP contribution in [0, 0.1) is 0 Å². The third-order valence-electron chi connectivity index (χ3n) is 4.78. The first-order chi connectivity index (χ1) is 11.8. The zero-order valence-corrected chi connectivity index (χ0v) is 13.8. The van der Waals surface area contributed by atoms with Crippen molar-refractivity contribution in [2.45, 2.75) is 50.7 Å². The van der Waals surface area contributed by atoms with Crippen molar-refractivity contribution in [1.82, 2.24) is 19.7 Å². The normalized spacial score (nSPS) is 20.8. The van der Waals surface area contributed by atoms with Crippen molar-refractivity contribution in [2.24, 2.45) is 0 Å². The summed E-state index contributed by atoms with van der Waals surface area (Å²) in [6.07, 6.45) is 11.1. The van der Waals surface area contributed by atoms with Gasteiger partial charge in [0.05, 0.1) is 18.2 Å². The maximum absolute atomic E-state index is 12.9. The number of amides is 1. The standard InChI is InChI=1S/C18H23N5O/c24-18(14-5-8-17(19-12-14)21-15-6-7-15)23-11-2-1-4-16(23)13-22-10-3-9-20-22/h3,5,8-10,12,15-16H,1-2,4,6-7,11,13H2,(H,19,21). The van der Waals surface area contributed by atoms with Crippen molar-refractivity contribution in [3.8, 4) is 0 Å². The predicted molar refractivity (Wildman–Crippen MR) is 91.8 cm³/mol. The quantitative estimate of drug-likeness (QED) is 0.917. The highest BCUT2D eigenvalue weighted by atomic mass is 16.2. The fourth-order valence-electron chi connectivity index (χ4n) is 3.29. The van der Waals surface area contributed by atoms with Crippen LogP contribution in [0.2, 0.25) is 0 Å². The zero-order chi connectivity index (χ0) is 16.4. The number of rotatable bonds is 5. The minimum Gasteiger partial charge on any atom is -0.367 e. The molecule has 6 heteroatoms. The number of carbonyl (C=O) groups is 1. The molecule has 1 saturated carbocycles. The third kappa shape index (κ3) is 3.42. The van der Waals surface area contributed by atoms with Gasteiger partial charge in [-0.1, -0.05) is 0 Å². The van der Waals surface area contributed by atoms with E-state index in [9.17, 15) is 4.79 Å². The first-order valence-electron chi connectivity index (χ1n) is 8.80. The van der Waals surface area contributed by atoms with Crippen molar-refractivity contribution in [1.29, 1.82) is 0 Å². The average Bonchev–Trinajstić information content (AvgIpc) is 3.28. The van der Waals surface area contributed by atoms with E-state index in [0.717, 1.165) is 38.2 Å². The number of nitrogens with one attached hydrogen (secondary N) is 1. The van der Waals surface area contributed by atoms with E-state index in [-0.39, 0.29) is 11.9 Å². The fraction of sp³-hybridized carbons (Fsp3) is 0.500. The van der Waals surface area contributed by atoms with Crippen LogP contribution >= 0.6 is 0 Å². The first-order valence-corrected chi connectivity index (χ1v) is 8.80. The first kappa shape index (κ1) is 15.2. The second-order valence-corrected chi connectivity index (χ2v) is 6.73. The number of carbonyl (C=O) groups excluding carboxylic acids is 1. The molecular formula is C18H23N5O. The topological polar surface area (TPSA) is 63.1 Å². The molecule has 1 aliphatic heterocycles. The van der Waals surface area contributed by atoms with E-state index in [1.165, 1.54) is 12.8 Å². The summed E-state index contributed by atoms with van der Waals surface area (Å²) in [5.41, 5.74) is 0.670. The summed E-state index contributed by atoms with van der Waals surface area (Å²) in [5, 5.41) is 7.63. The number of hydrogen-bond donors (Lipinski definition) is 1. The molecule has 0 spiro atoms. The highest BCUT2D eigenvalue weighted by molar-refractivity contribution is 5.94. The zero-order valence-electron chi connectivity index (χ0n) is 13.8. The molecule has 4 rings (SSSR count). The van der Waals surface area contributed by atoms with E-state index >= 15 is 0 Å². The number of pyridine rings is 1. The van der Waals surface area contributed by atoms with Gasteiger partial charge >= 0.3 is 0 Å². The summed E-state index contributed by atoms with van der Waals surface area (Å²) in [5.74, 6) is 0.943. The Morgan fingerprint density at radius 1 is 1.25 bits per heavy atom. The van der Waals surface area contributed by atoms with Crippen LogP contribution in [0.3, 0.4) is 0 Å². The number of aromatic nitrogens is 3. The Bertz CT molecular complexity index is 678. The summed E-state index contributed by atoms with van der Waals surface area (Å²) in [6, 6.07) is 6.50. The van der Waals surface area contributed by atoms with Gasteiger partial charge in [0.25, 0.3) is 5.91 Å². The summed E-state index contributed by atoms with van der Waals surface area (Å²) < 4.78 is 1.91. The summed E-state index contributed by atoms with van der Waals surface area (Å²) in [7, 11) is 0. The number of hydrogen-bond acceptors (Lipinski definition) is 4. The van der Waals surface area contributed by atoms with Crippen molar-refractivity contribution in [2.75, 3.05) is 11.9 Å². The van der Waals surface area contributed by atoms with Crippen LogP contribution in [0.25, 0.3) is 0 Å². The van der Waals surface area contributed by atoms with Crippen LogP contribution in [0.1, 0.15) is 42.5 Å². The van der Waals surface area contributed by atoms with Gasteiger partial charge in [-0.2, -0.15) is 5.10 Å². The lowest BCUT2D eigenvalue weighted by Crippen LogP contribution is -2.46. The Labute approximate surface area is 141 Å². The Balaban J connectivity index is 1.46. The largest absolute Gasteiger partial charge is 0.367 e. The van der Waals surface area contributed by atoms with Gasteiger partial charge in [0.15, 0.2) is 0 Å². The smallest absolute Gasteiger partial charge is 0.255 e. The van der Waals surface area contributed by atoms with Crippen LogP contribution in [0.5, 0.6) is 0 Å². The molecule has 1 amide bonds. The predicted octanol–water partition coefficient (Wildman–Crippen LogP) is 2.55. The molecule has 3 heterocycles. The average molecular weight is 325 g/mol. The monoisotopic (exact) mass is 325 g/mol. The molecule has 1 aliphatic carbocycles. The molecule has 1 atom stereocenters. The molecular weight excluding hydrogens is 302 g/mol. The molecule has 2 aromatic rings. The molecule has 2 fully saturated rings. The second-order valence-electron chi connectivity index (χ2n) is 6.73. The van der Waals surface area contributed by atoms with E-state index in [2.05, 4.69) is 15.4 Å².